The highest BCUT2D eigenvalue weighted by molar-refractivity contribution is 5.77. The summed E-state index contributed by atoms with van der Waals surface area (Å²) in [7, 11) is 1.94. The molecular weight excluding hydrogens is 865 g/mol. The normalized spacial score (nSPS) is 19.8. The van der Waals surface area contributed by atoms with E-state index in [4.69, 9.17) is 28.4 Å². The van der Waals surface area contributed by atoms with Crippen molar-refractivity contribution >= 4 is 5.91 Å². The smallest absolute Gasteiger partial charge is 0.322 e. The van der Waals surface area contributed by atoms with Crippen LogP contribution in [-0.4, -0.2) is 134 Å². The van der Waals surface area contributed by atoms with Gasteiger partial charge in [-0.1, -0.05) is 140 Å². The molecule has 4 atom stereocenters. The highest BCUT2D eigenvalue weighted by atomic mass is 16.7. The molecule has 0 aromatic heterocycles. The SMILES string of the molecule is CCCCC/C=C\C/C=C\CCCCCCCCC1(CCCCCCCC/C=C\C/C=C\CCCCC)OC[C@H](CN(C)CC(=O)NCCOCCOCCOC2=C(O)C(O)[C@H](O)C(CO)O2)O1. The molecule has 13 heteroatoms. The lowest BCUT2D eigenvalue weighted by Gasteiger charge is -2.31. The van der Waals surface area contributed by atoms with E-state index in [1.807, 2.05) is 11.9 Å². The predicted octanol–water partition coefficient (Wildman–Crippen LogP) is 10.4. The Hall–Kier alpha value is -2.75. The summed E-state index contributed by atoms with van der Waals surface area (Å²) >= 11 is 0. The summed E-state index contributed by atoms with van der Waals surface area (Å²) in [5, 5.41) is 41.8. The minimum absolute atomic E-state index is 0.0104. The maximum atomic E-state index is 12.7. The fourth-order valence-electron chi connectivity index (χ4n) is 8.36. The quantitative estimate of drug-likeness (QED) is 0.0290. The maximum Gasteiger partial charge on any atom is 0.322 e. The van der Waals surface area contributed by atoms with Crippen LogP contribution in [0, 0.1) is 0 Å². The van der Waals surface area contributed by atoms with E-state index in [0.29, 0.717) is 32.9 Å². The zero-order chi connectivity index (χ0) is 49.2. The molecule has 1 fully saturated rings. The molecule has 1 amide bonds. The zero-order valence-corrected chi connectivity index (χ0v) is 43.0. The van der Waals surface area contributed by atoms with Gasteiger partial charge in [0.05, 0.1) is 52.3 Å². The molecule has 0 saturated carbocycles. The number of nitrogens with one attached hydrogen (secondary N) is 1. The maximum absolute atomic E-state index is 12.7. The van der Waals surface area contributed by atoms with Crippen LogP contribution in [-0.2, 0) is 33.2 Å². The Balaban J connectivity index is 1.64. The summed E-state index contributed by atoms with van der Waals surface area (Å²) in [6, 6.07) is 0. The number of hydrogen-bond donors (Lipinski definition) is 5. The standard InChI is InChI=1S/C55H98N2O11/c1-4-6-8-10-12-14-16-18-20-22-24-26-28-30-32-34-36-55(37-35-33-31-29-27-25-23-21-19-17-15-13-11-9-7-5-2)66-47-48(68-55)44-57(3)45-50(59)56-38-39-63-40-41-64-42-43-65-54-53(62)52(61)51(60)49(46-58)67-54/h12-15,18-21,48-49,51-52,58,60-62H,4-11,16-17,22-47H2,1-3H3,(H,56,59)/b14-12-,15-13-,20-18-,21-19-/t48-,49?,51+,52?/m0/s1. The molecule has 2 heterocycles. The van der Waals surface area contributed by atoms with Gasteiger partial charge in [0, 0.05) is 25.9 Å². The van der Waals surface area contributed by atoms with Crippen LogP contribution in [0.1, 0.15) is 181 Å². The molecule has 0 radical (unpaired) electrons. The van der Waals surface area contributed by atoms with Crippen LogP contribution in [0.15, 0.2) is 60.3 Å². The van der Waals surface area contributed by atoms with Crippen molar-refractivity contribution in [1.82, 2.24) is 10.2 Å². The molecule has 1 saturated heterocycles. The van der Waals surface area contributed by atoms with Crippen LogP contribution in [0.3, 0.4) is 0 Å². The van der Waals surface area contributed by atoms with Gasteiger partial charge in [-0.3, -0.25) is 9.69 Å². The van der Waals surface area contributed by atoms with Crippen molar-refractivity contribution in [3.05, 3.63) is 60.3 Å². The van der Waals surface area contributed by atoms with Crippen molar-refractivity contribution < 1.29 is 53.6 Å². The lowest BCUT2D eigenvalue weighted by molar-refractivity contribution is -0.180. The molecule has 0 aromatic carbocycles. The van der Waals surface area contributed by atoms with E-state index >= 15 is 0 Å². The Bertz CT molecular complexity index is 1320. The lowest BCUT2D eigenvalue weighted by Crippen LogP contribution is -2.46. The second kappa shape index (κ2) is 42.0. The molecule has 394 valence electrons. The summed E-state index contributed by atoms with van der Waals surface area (Å²) in [5.41, 5.74) is 0. The van der Waals surface area contributed by atoms with Gasteiger partial charge in [-0.05, 0) is 84.1 Å². The third-order valence-electron chi connectivity index (χ3n) is 12.4. The summed E-state index contributed by atoms with van der Waals surface area (Å²) in [6.07, 6.45) is 45.6. The minimum atomic E-state index is -1.61. The first kappa shape index (κ1) is 61.4. The van der Waals surface area contributed by atoms with E-state index in [1.165, 1.54) is 128 Å². The van der Waals surface area contributed by atoms with Gasteiger partial charge in [0.1, 0.15) is 18.8 Å². The van der Waals surface area contributed by atoms with E-state index in [-0.39, 0.29) is 44.3 Å². The molecule has 0 bridgehead atoms. The number of amides is 1. The molecule has 68 heavy (non-hydrogen) atoms. The van der Waals surface area contributed by atoms with Gasteiger partial charge in [0.15, 0.2) is 11.9 Å². The Morgan fingerprint density at radius 1 is 0.691 bits per heavy atom. The highest BCUT2D eigenvalue weighted by Gasteiger charge is 2.41. The van der Waals surface area contributed by atoms with Gasteiger partial charge in [0.2, 0.25) is 11.7 Å². The van der Waals surface area contributed by atoms with E-state index in [9.17, 15) is 25.2 Å². The van der Waals surface area contributed by atoms with Crippen LogP contribution in [0.25, 0.3) is 0 Å². The molecule has 5 N–H and O–H groups in total. The third kappa shape index (κ3) is 30.8. The molecule has 0 aliphatic carbocycles. The number of ether oxygens (including phenoxy) is 6. The van der Waals surface area contributed by atoms with Gasteiger partial charge in [-0.2, -0.15) is 0 Å². The Labute approximate surface area is 412 Å². The zero-order valence-electron chi connectivity index (χ0n) is 43.0. The van der Waals surface area contributed by atoms with E-state index < -0.39 is 36.5 Å². The van der Waals surface area contributed by atoms with E-state index in [0.717, 1.165) is 38.5 Å². The number of aliphatic hydroxyl groups excluding tert-OH is 4. The Morgan fingerprint density at radius 2 is 1.18 bits per heavy atom. The van der Waals surface area contributed by atoms with Crippen molar-refractivity contribution in [3.63, 3.8) is 0 Å². The number of nitrogens with zero attached hydrogens (tertiary/aromatic N) is 1. The monoisotopic (exact) mass is 963 g/mol. The summed E-state index contributed by atoms with van der Waals surface area (Å²) in [6.45, 7) is 6.82. The number of rotatable bonds is 45. The second-order valence-corrected chi connectivity index (χ2v) is 18.7. The number of likely N-dealkylation sites (N-methyl/N-ethyl adjacent to an activating group) is 1. The van der Waals surface area contributed by atoms with Crippen LogP contribution >= 0.6 is 0 Å². The molecule has 2 unspecified atom stereocenters. The number of carbonyl (C=O) groups excluding carboxylic acids is 1. The highest BCUT2D eigenvalue weighted by Crippen LogP contribution is 2.35. The van der Waals surface area contributed by atoms with Gasteiger partial charge < -0.3 is 54.2 Å². The number of aliphatic hydroxyl groups is 4. The fraction of sp³-hybridized carbons (Fsp3) is 0.800. The van der Waals surface area contributed by atoms with E-state index in [1.54, 1.807) is 0 Å². The number of unbranched alkanes of at least 4 members (excludes halogenated alkanes) is 18. The van der Waals surface area contributed by atoms with Crippen molar-refractivity contribution in [1.29, 1.82) is 0 Å². The molecule has 2 rings (SSSR count). The third-order valence-corrected chi connectivity index (χ3v) is 12.4. The first-order chi connectivity index (χ1) is 33.2. The molecule has 2 aliphatic rings. The Kier molecular flexibility index (Phi) is 37.9. The lowest BCUT2D eigenvalue weighted by atomic mass is 9.98. The second-order valence-electron chi connectivity index (χ2n) is 18.7. The van der Waals surface area contributed by atoms with Crippen molar-refractivity contribution in [3.8, 4) is 0 Å². The van der Waals surface area contributed by atoms with E-state index in [2.05, 4.69) is 67.8 Å². The van der Waals surface area contributed by atoms with Gasteiger partial charge >= 0.3 is 5.95 Å². The van der Waals surface area contributed by atoms with Gasteiger partial charge in [0.25, 0.3) is 0 Å². The Morgan fingerprint density at radius 3 is 1.71 bits per heavy atom. The summed E-state index contributed by atoms with van der Waals surface area (Å²) in [4.78, 5) is 14.7. The number of carbonyl (C=O) groups is 1. The first-order valence-corrected chi connectivity index (χ1v) is 27.0. The average Bonchev–Trinajstić information content (AvgIpc) is 3.73. The van der Waals surface area contributed by atoms with Crippen molar-refractivity contribution in [2.75, 3.05) is 72.9 Å². The van der Waals surface area contributed by atoms with Gasteiger partial charge in [-0.25, -0.2) is 0 Å². The summed E-state index contributed by atoms with van der Waals surface area (Å²) in [5.74, 6) is -1.60. The van der Waals surface area contributed by atoms with Crippen LogP contribution in [0.4, 0.5) is 0 Å². The fourth-order valence-corrected chi connectivity index (χ4v) is 8.36. The largest absolute Gasteiger partial charge is 0.504 e. The number of allylic oxidation sites excluding steroid dienone is 8. The molecular formula is C55H98N2O11. The first-order valence-electron chi connectivity index (χ1n) is 27.0. The average molecular weight is 963 g/mol. The summed E-state index contributed by atoms with van der Waals surface area (Å²) < 4.78 is 34.8. The predicted molar refractivity (Wildman–Crippen MR) is 273 cm³/mol. The van der Waals surface area contributed by atoms with Crippen LogP contribution in [0.2, 0.25) is 0 Å². The van der Waals surface area contributed by atoms with Crippen LogP contribution in [0.5, 0.6) is 0 Å². The van der Waals surface area contributed by atoms with Crippen LogP contribution < -0.4 is 5.32 Å². The molecule has 0 spiro atoms. The minimum Gasteiger partial charge on any atom is -0.504 e. The molecule has 2 aliphatic heterocycles. The van der Waals surface area contributed by atoms with Crippen molar-refractivity contribution in [2.45, 2.75) is 211 Å². The number of hydrogen-bond acceptors (Lipinski definition) is 12. The van der Waals surface area contributed by atoms with Gasteiger partial charge in [-0.15, -0.1) is 0 Å². The molecule has 13 nitrogen and oxygen atoms in total. The van der Waals surface area contributed by atoms with Crippen molar-refractivity contribution in [2.24, 2.45) is 0 Å². The molecule has 0 aromatic rings. The topological polar surface area (TPSA) is 169 Å².